The van der Waals surface area contributed by atoms with Gasteiger partial charge in [0.05, 0.1) is 16.3 Å². The first-order valence-electron chi connectivity index (χ1n) is 8.09. The van der Waals surface area contributed by atoms with Gasteiger partial charge < -0.3 is 10.4 Å². The molecule has 1 amide bonds. The molecule has 24 heavy (non-hydrogen) atoms. The molecule has 3 rings (SSSR count). The predicted molar refractivity (Wildman–Crippen MR) is 91.6 cm³/mol. The lowest BCUT2D eigenvalue weighted by Gasteiger charge is -2.22. The van der Waals surface area contributed by atoms with E-state index in [0.717, 1.165) is 24.2 Å². The maximum atomic E-state index is 12.4. The number of hydrogen-bond donors (Lipinski definition) is 2. The summed E-state index contributed by atoms with van der Waals surface area (Å²) in [6, 6.07) is 5.30. The molecule has 0 atom stereocenters. The molecule has 0 aliphatic heterocycles. The van der Waals surface area contributed by atoms with Gasteiger partial charge in [-0.25, -0.2) is 9.67 Å². The summed E-state index contributed by atoms with van der Waals surface area (Å²) in [5.74, 6) is 0.151. The van der Waals surface area contributed by atoms with Gasteiger partial charge in [-0.3, -0.25) is 4.79 Å². The van der Waals surface area contributed by atoms with Crippen molar-refractivity contribution < 1.29 is 9.90 Å². The van der Waals surface area contributed by atoms with Crippen LogP contribution in [0.15, 0.2) is 18.2 Å². The summed E-state index contributed by atoms with van der Waals surface area (Å²) in [7, 11) is 0. The standard InChI is InChI=1S/C17H21ClN4O2/c1-11-9-12(2)22(21-11)14-6-5-13(18)15(20-14)16(23)19-10-17(24)7-3-4-8-17/h5-6,9,24H,3-4,7-8,10H2,1-2H3,(H,19,23). The van der Waals surface area contributed by atoms with Crippen molar-refractivity contribution in [1.29, 1.82) is 0 Å². The molecule has 0 spiro atoms. The molecule has 1 saturated carbocycles. The van der Waals surface area contributed by atoms with Gasteiger partial charge in [-0.1, -0.05) is 24.4 Å². The zero-order valence-corrected chi connectivity index (χ0v) is 14.6. The van der Waals surface area contributed by atoms with Gasteiger partial charge in [-0.05, 0) is 44.9 Å². The van der Waals surface area contributed by atoms with Gasteiger partial charge in [0, 0.05) is 12.2 Å². The average molecular weight is 349 g/mol. The Morgan fingerprint density at radius 2 is 2.08 bits per heavy atom. The number of halogens is 1. The highest BCUT2D eigenvalue weighted by Crippen LogP contribution is 2.28. The maximum Gasteiger partial charge on any atom is 0.271 e. The number of aliphatic hydroxyl groups is 1. The first kappa shape index (κ1) is 16.9. The summed E-state index contributed by atoms with van der Waals surface area (Å²) in [6.07, 6.45) is 3.39. The third-order valence-electron chi connectivity index (χ3n) is 4.39. The summed E-state index contributed by atoms with van der Waals surface area (Å²) < 4.78 is 1.67. The SMILES string of the molecule is Cc1cc(C)n(-c2ccc(Cl)c(C(=O)NCC3(O)CCCC3)n2)n1. The van der Waals surface area contributed by atoms with Crippen molar-refractivity contribution in [1.82, 2.24) is 20.1 Å². The quantitative estimate of drug-likeness (QED) is 0.890. The second-order valence-electron chi connectivity index (χ2n) is 6.45. The van der Waals surface area contributed by atoms with E-state index in [9.17, 15) is 9.90 Å². The molecule has 1 fully saturated rings. The molecular weight excluding hydrogens is 328 g/mol. The molecule has 2 N–H and O–H groups in total. The van der Waals surface area contributed by atoms with Crippen LogP contribution in [-0.4, -0.2) is 37.9 Å². The topological polar surface area (TPSA) is 80.0 Å². The zero-order chi connectivity index (χ0) is 17.3. The fourth-order valence-corrected chi connectivity index (χ4v) is 3.30. The predicted octanol–water partition coefficient (Wildman–Crippen LogP) is 2.57. The van der Waals surface area contributed by atoms with E-state index >= 15 is 0 Å². The Labute approximate surface area is 145 Å². The van der Waals surface area contributed by atoms with Gasteiger partial charge >= 0.3 is 0 Å². The monoisotopic (exact) mass is 348 g/mol. The average Bonchev–Trinajstić information content (AvgIpc) is 3.11. The number of aryl methyl sites for hydroxylation is 2. The fourth-order valence-electron chi connectivity index (χ4n) is 3.11. The smallest absolute Gasteiger partial charge is 0.271 e. The Balaban J connectivity index is 1.81. The lowest BCUT2D eigenvalue weighted by molar-refractivity contribution is 0.0448. The number of amides is 1. The molecule has 0 saturated heterocycles. The van der Waals surface area contributed by atoms with Crippen molar-refractivity contribution in [2.75, 3.05) is 6.54 Å². The molecule has 0 unspecified atom stereocenters. The van der Waals surface area contributed by atoms with Crippen LogP contribution < -0.4 is 5.32 Å². The lowest BCUT2D eigenvalue weighted by Crippen LogP contribution is -2.41. The molecule has 1 aliphatic rings. The number of aromatic nitrogens is 3. The van der Waals surface area contributed by atoms with E-state index in [4.69, 9.17) is 11.6 Å². The van der Waals surface area contributed by atoms with Crippen LogP contribution in [0.4, 0.5) is 0 Å². The number of carbonyl (C=O) groups excluding carboxylic acids is 1. The number of nitrogens with one attached hydrogen (secondary N) is 1. The summed E-state index contributed by atoms with van der Waals surface area (Å²) in [5.41, 5.74) is 1.13. The number of pyridine rings is 1. The molecule has 128 valence electrons. The van der Waals surface area contributed by atoms with E-state index in [0.29, 0.717) is 18.7 Å². The molecule has 6 nitrogen and oxygen atoms in total. The number of rotatable bonds is 4. The summed E-state index contributed by atoms with van der Waals surface area (Å²) in [4.78, 5) is 16.8. The van der Waals surface area contributed by atoms with Crippen LogP contribution in [0.25, 0.3) is 5.82 Å². The number of hydrogen-bond acceptors (Lipinski definition) is 4. The van der Waals surface area contributed by atoms with Crippen LogP contribution in [0.2, 0.25) is 5.02 Å². The Morgan fingerprint density at radius 3 is 2.71 bits per heavy atom. The van der Waals surface area contributed by atoms with Gasteiger partial charge in [-0.2, -0.15) is 5.10 Å². The van der Waals surface area contributed by atoms with Gasteiger partial charge in [0.25, 0.3) is 5.91 Å². The summed E-state index contributed by atoms with van der Waals surface area (Å²) in [6.45, 7) is 4.04. The highest BCUT2D eigenvalue weighted by molar-refractivity contribution is 6.33. The number of nitrogens with zero attached hydrogens (tertiary/aromatic N) is 3. The van der Waals surface area contributed by atoms with E-state index in [2.05, 4.69) is 15.4 Å². The Morgan fingerprint density at radius 1 is 1.38 bits per heavy atom. The Kier molecular flexibility index (Phi) is 4.60. The van der Waals surface area contributed by atoms with Crippen molar-refractivity contribution >= 4 is 17.5 Å². The molecule has 0 bridgehead atoms. The second kappa shape index (κ2) is 6.53. The van der Waals surface area contributed by atoms with E-state index in [1.165, 1.54) is 0 Å². The van der Waals surface area contributed by atoms with Crippen LogP contribution in [0.3, 0.4) is 0 Å². The molecule has 0 radical (unpaired) electrons. The fraction of sp³-hybridized carbons (Fsp3) is 0.471. The van der Waals surface area contributed by atoms with Crippen molar-refractivity contribution in [3.63, 3.8) is 0 Å². The summed E-state index contributed by atoms with van der Waals surface area (Å²) in [5, 5.41) is 17.7. The second-order valence-corrected chi connectivity index (χ2v) is 6.86. The largest absolute Gasteiger partial charge is 0.388 e. The van der Waals surface area contributed by atoms with Gasteiger partial charge in [0.15, 0.2) is 5.82 Å². The van der Waals surface area contributed by atoms with Crippen LogP contribution in [0, 0.1) is 13.8 Å². The third-order valence-corrected chi connectivity index (χ3v) is 4.69. The van der Waals surface area contributed by atoms with E-state index in [1.54, 1.807) is 16.8 Å². The normalized spacial score (nSPS) is 16.3. The minimum Gasteiger partial charge on any atom is -0.388 e. The van der Waals surface area contributed by atoms with E-state index < -0.39 is 5.60 Å². The highest BCUT2D eigenvalue weighted by atomic mass is 35.5. The molecule has 7 heteroatoms. The van der Waals surface area contributed by atoms with Crippen molar-refractivity contribution in [2.45, 2.75) is 45.1 Å². The maximum absolute atomic E-state index is 12.4. The molecular formula is C17H21ClN4O2. The van der Waals surface area contributed by atoms with E-state index in [-0.39, 0.29) is 23.2 Å². The third kappa shape index (κ3) is 3.44. The van der Waals surface area contributed by atoms with Crippen LogP contribution in [0.1, 0.15) is 47.6 Å². The van der Waals surface area contributed by atoms with Crippen molar-refractivity contribution in [3.05, 3.63) is 40.3 Å². The molecule has 2 aromatic rings. The molecule has 2 aromatic heterocycles. The molecule has 0 aromatic carbocycles. The molecule has 1 aliphatic carbocycles. The van der Waals surface area contributed by atoms with Crippen molar-refractivity contribution in [3.8, 4) is 5.82 Å². The first-order valence-corrected chi connectivity index (χ1v) is 8.46. The molecule has 2 heterocycles. The van der Waals surface area contributed by atoms with Crippen LogP contribution >= 0.6 is 11.6 Å². The first-order chi connectivity index (χ1) is 11.4. The van der Waals surface area contributed by atoms with Crippen molar-refractivity contribution in [2.24, 2.45) is 0 Å². The summed E-state index contributed by atoms with van der Waals surface area (Å²) >= 11 is 6.14. The number of carbonyl (C=O) groups is 1. The Hall–Kier alpha value is -1.92. The van der Waals surface area contributed by atoms with Gasteiger partial charge in [0.1, 0.15) is 5.69 Å². The minimum absolute atomic E-state index is 0.142. The Bertz CT molecular complexity index is 766. The zero-order valence-electron chi connectivity index (χ0n) is 13.8. The van der Waals surface area contributed by atoms with E-state index in [1.807, 2.05) is 19.9 Å². The van der Waals surface area contributed by atoms with Crippen LogP contribution in [-0.2, 0) is 0 Å². The lowest BCUT2D eigenvalue weighted by atomic mass is 10.0. The highest BCUT2D eigenvalue weighted by Gasteiger charge is 2.31. The van der Waals surface area contributed by atoms with Crippen LogP contribution in [0.5, 0.6) is 0 Å². The van der Waals surface area contributed by atoms with Gasteiger partial charge in [0.2, 0.25) is 0 Å². The minimum atomic E-state index is -0.810. The van der Waals surface area contributed by atoms with Gasteiger partial charge in [-0.15, -0.1) is 0 Å².